The van der Waals surface area contributed by atoms with Crippen molar-refractivity contribution in [2.24, 2.45) is 11.8 Å². The van der Waals surface area contributed by atoms with Crippen molar-refractivity contribution in [1.82, 2.24) is 5.32 Å². The first-order valence-electron chi connectivity index (χ1n) is 7.88. The molecule has 2 unspecified atom stereocenters. The van der Waals surface area contributed by atoms with E-state index in [1.54, 1.807) is 0 Å². The lowest BCUT2D eigenvalue weighted by Gasteiger charge is -2.46. The molecular weight excluding hydrogens is 222 g/mol. The standard InChI is InChI=1S/C16H33NO/c1-6-8-14(4)15(17-7-2)16(18-5)11-9-13(3)10-12-16/h13-15,17H,6-12H2,1-5H3. The first kappa shape index (κ1) is 16.0. The van der Waals surface area contributed by atoms with Gasteiger partial charge in [0.15, 0.2) is 0 Å². The molecule has 0 aliphatic heterocycles. The fraction of sp³-hybridized carbons (Fsp3) is 1.00. The Morgan fingerprint density at radius 1 is 1.28 bits per heavy atom. The molecule has 1 N–H and O–H groups in total. The summed E-state index contributed by atoms with van der Waals surface area (Å²) in [5, 5.41) is 3.72. The van der Waals surface area contributed by atoms with Crippen molar-refractivity contribution in [3.8, 4) is 0 Å². The van der Waals surface area contributed by atoms with Crippen LogP contribution in [-0.4, -0.2) is 25.3 Å². The topological polar surface area (TPSA) is 21.3 Å². The quantitative estimate of drug-likeness (QED) is 0.742. The van der Waals surface area contributed by atoms with Crippen LogP contribution in [0, 0.1) is 11.8 Å². The van der Waals surface area contributed by atoms with Crippen LogP contribution in [0.3, 0.4) is 0 Å². The van der Waals surface area contributed by atoms with E-state index >= 15 is 0 Å². The van der Waals surface area contributed by atoms with Gasteiger partial charge in [-0.25, -0.2) is 0 Å². The summed E-state index contributed by atoms with van der Waals surface area (Å²) >= 11 is 0. The Morgan fingerprint density at radius 3 is 2.33 bits per heavy atom. The highest BCUT2D eigenvalue weighted by molar-refractivity contribution is 4.98. The molecule has 0 radical (unpaired) electrons. The van der Waals surface area contributed by atoms with Crippen LogP contribution in [0.5, 0.6) is 0 Å². The molecule has 1 saturated carbocycles. The molecule has 108 valence electrons. The highest BCUT2D eigenvalue weighted by atomic mass is 16.5. The second-order valence-corrected chi connectivity index (χ2v) is 6.25. The van der Waals surface area contributed by atoms with Crippen LogP contribution < -0.4 is 5.32 Å². The Kier molecular flexibility index (Phi) is 6.65. The van der Waals surface area contributed by atoms with Gasteiger partial charge in [-0.15, -0.1) is 0 Å². The predicted molar refractivity (Wildman–Crippen MR) is 78.9 cm³/mol. The third-order valence-corrected chi connectivity index (χ3v) is 4.83. The molecule has 1 aliphatic rings. The van der Waals surface area contributed by atoms with Gasteiger partial charge in [-0.05, 0) is 50.5 Å². The highest BCUT2D eigenvalue weighted by Gasteiger charge is 2.43. The van der Waals surface area contributed by atoms with Gasteiger partial charge in [0, 0.05) is 13.2 Å². The largest absolute Gasteiger partial charge is 0.377 e. The van der Waals surface area contributed by atoms with Crippen molar-refractivity contribution in [3.05, 3.63) is 0 Å². The molecule has 0 spiro atoms. The SMILES string of the molecule is CCCC(C)C(NCC)C1(OC)CCC(C)CC1. The van der Waals surface area contributed by atoms with Crippen LogP contribution >= 0.6 is 0 Å². The Balaban J connectivity index is 2.79. The van der Waals surface area contributed by atoms with Crippen molar-refractivity contribution >= 4 is 0 Å². The number of methoxy groups -OCH3 is 1. The van der Waals surface area contributed by atoms with E-state index in [0.29, 0.717) is 12.0 Å². The van der Waals surface area contributed by atoms with Crippen molar-refractivity contribution in [2.75, 3.05) is 13.7 Å². The van der Waals surface area contributed by atoms with Crippen LogP contribution in [0.15, 0.2) is 0 Å². The molecule has 18 heavy (non-hydrogen) atoms. The lowest BCUT2D eigenvalue weighted by atomic mass is 9.71. The van der Waals surface area contributed by atoms with E-state index in [2.05, 4.69) is 33.0 Å². The molecular formula is C16H33NO. The third kappa shape index (κ3) is 3.71. The minimum atomic E-state index is 0.0805. The number of hydrogen-bond acceptors (Lipinski definition) is 2. The van der Waals surface area contributed by atoms with Gasteiger partial charge in [-0.3, -0.25) is 0 Å². The first-order valence-corrected chi connectivity index (χ1v) is 7.88. The molecule has 1 rings (SSSR count). The van der Waals surface area contributed by atoms with Gasteiger partial charge >= 0.3 is 0 Å². The molecule has 0 heterocycles. The van der Waals surface area contributed by atoms with Crippen molar-refractivity contribution < 1.29 is 4.74 Å². The number of nitrogens with one attached hydrogen (secondary N) is 1. The molecule has 0 bridgehead atoms. The first-order chi connectivity index (χ1) is 8.59. The Bertz CT molecular complexity index is 221. The molecule has 0 aromatic rings. The van der Waals surface area contributed by atoms with Crippen LogP contribution in [-0.2, 0) is 4.74 Å². The maximum absolute atomic E-state index is 6.05. The number of ether oxygens (including phenoxy) is 1. The summed E-state index contributed by atoms with van der Waals surface area (Å²) < 4.78 is 6.05. The van der Waals surface area contributed by atoms with E-state index in [1.165, 1.54) is 38.5 Å². The number of hydrogen-bond donors (Lipinski definition) is 1. The van der Waals surface area contributed by atoms with Gasteiger partial charge in [0.05, 0.1) is 5.60 Å². The van der Waals surface area contributed by atoms with Crippen LogP contribution in [0.4, 0.5) is 0 Å². The number of likely N-dealkylation sites (N-methyl/N-ethyl adjacent to an activating group) is 1. The van der Waals surface area contributed by atoms with Crippen LogP contribution in [0.1, 0.15) is 66.2 Å². The Morgan fingerprint density at radius 2 is 1.89 bits per heavy atom. The minimum Gasteiger partial charge on any atom is -0.377 e. The van der Waals surface area contributed by atoms with Gasteiger partial charge in [-0.2, -0.15) is 0 Å². The van der Waals surface area contributed by atoms with Crippen molar-refractivity contribution in [2.45, 2.75) is 77.9 Å². The van der Waals surface area contributed by atoms with Crippen LogP contribution in [0.25, 0.3) is 0 Å². The smallest absolute Gasteiger partial charge is 0.0833 e. The summed E-state index contributed by atoms with van der Waals surface area (Å²) in [4.78, 5) is 0. The molecule has 2 nitrogen and oxygen atoms in total. The van der Waals surface area contributed by atoms with Crippen molar-refractivity contribution in [1.29, 1.82) is 0 Å². The predicted octanol–water partition coefficient (Wildman–Crippen LogP) is 4.00. The van der Waals surface area contributed by atoms with E-state index in [9.17, 15) is 0 Å². The van der Waals surface area contributed by atoms with Crippen LogP contribution in [0.2, 0.25) is 0 Å². The second-order valence-electron chi connectivity index (χ2n) is 6.25. The van der Waals surface area contributed by atoms with Gasteiger partial charge in [-0.1, -0.05) is 34.1 Å². The Hall–Kier alpha value is -0.0800. The fourth-order valence-corrected chi connectivity index (χ4v) is 3.64. The molecule has 1 aliphatic carbocycles. The summed E-state index contributed by atoms with van der Waals surface area (Å²) in [6, 6.07) is 0.514. The summed E-state index contributed by atoms with van der Waals surface area (Å²) in [6.45, 7) is 10.3. The zero-order chi connectivity index (χ0) is 13.6. The second kappa shape index (κ2) is 7.49. The maximum Gasteiger partial charge on any atom is 0.0833 e. The lowest BCUT2D eigenvalue weighted by molar-refractivity contribution is -0.0870. The summed E-state index contributed by atoms with van der Waals surface area (Å²) in [5.41, 5.74) is 0.0805. The highest BCUT2D eigenvalue weighted by Crippen LogP contribution is 2.39. The van der Waals surface area contributed by atoms with E-state index in [-0.39, 0.29) is 5.60 Å². The fourth-order valence-electron chi connectivity index (χ4n) is 3.64. The van der Waals surface area contributed by atoms with Gasteiger partial charge in [0.1, 0.15) is 0 Å². The minimum absolute atomic E-state index is 0.0805. The van der Waals surface area contributed by atoms with E-state index in [0.717, 1.165) is 12.5 Å². The third-order valence-electron chi connectivity index (χ3n) is 4.83. The zero-order valence-electron chi connectivity index (χ0n) is 13.1. The average molecular weight is 255 g/mol. The van der Waals surface area contributed by atoms with Gasteiger partial charge in [0.2, 0.25) is 0 Å². The average Bonchev–Trinajstić information content (AvgIpc) is 2.38. The van der Waals surface area contributed by atoms with E-state index in [1.807, 2.05) is 7.11 Å². The maximum atomic E-state index is 6.05. The van der Waals surface area contributed by atoms with Gasteiger partial charge in [0.25, 0.3) is 0 Å². The molecule has 0 aromatic heterocycles. The molecule has 2 atom stereocenters. The molecule has 0 saturated heterocycles. The summed E-state index contributed by atoms with van der Waals surface area (Å²) in [6.07, 6.45) is 7.62. The monoisotopic (exact) mass is 255 g/mol. The summed E-state index contributed by atoms with van der Waals surface area (Å²) in [5.74, 6) is 1.57. The van der Waals surface area contributed by atoms with Gasteiger partial charge < -0.3 is 10.1 Å². The normalized spacial score (nSPS) is 32.2. The van der Waals surface area contributed by atoms with Crippen molar-refractivity contribution in [3.63, 3.8) is 0 Å². The lowest BCUT2D eigenvalue weighted by Crippen LogP contribution is -2.56. The Labute approximate surface area is 114 Å². The van der Waals surface area contributed by atoms with E-state index in [4.69, 9.17) is 4.74 Å². The molecule has 0 aromatic carbocycles. The zero-order valence-corrected chi connectivity index (χ0v) is 13.1. The molecule has 2 heteroatoms. The van der Waals surface area contributed by atoms with E-state index < -0.39 is 0 Å². The molecule has 0 amide bonds. The number of rotatable bonds is 7. The molecule has 1 fully saturated rings. The summed E-state index contributed by atoms with van der Waals surface area (Å²) in [7, 11) is 1.92.